The molecule has 3 unspecified atom stereocenters. The van der Waals surface area contributed by atoms with Crippen molar-refractivity contribution in [1.82, 2.24) is 10.2 Å². The zero-order chi connectivity index (χ0) is 14.0. The van der Waals surface area contributed by atoms with Crippen LogP contribution >= 0.6 is 0 Å². The molecule has 3 atom stereocenters. The van der Waals surface area contributed by atoms with E-state index in [0.29, 0.717) is 18.6 Å². The normalized spacial score (nSPS) is 30.9. The average Bonchev–Trinajstić information content (AvgIpc) is 2.77. The van der Waals surface area contributed by atoms with Crippen molar-refractivity contribution in [2.45, 2.75) is 31.8 Å². The molecule has 2 heterocycles. The van der Waals surface area contributed by atoms with Crippen LogP contribution in [0.2, 0.25) is 0 Å². The fourth-order valence-corrected chi connectivity index (χ4v) is 2.10. The Kier molecular flexibility index (Phi) is 3.87. The van der Waals surface area contributed by atoms with Crippen LogP contribution in [0.25, 0.3) is 0 Å². The predicted octanol–water partition coefficient (Wildman–Crippen LogP) is 0.0780. The standard InChI is InChI=1S/C12H16N2O5/c1-7-4-14(12(17)13-8(7)2)11-3-9(18-6-16)10(5-15)19-11/h4,6,9-11,15H,2-3,5H2,1H3,(H,13,17). The van der Waals surface area contributed by atoms with E-state index in [0.717, 1.165) is 5.57 Å². The minimum atomic E-state index is -0.623. The second kappa shape index (κ2) is 5.41. The number of aliphatic hydroxyl groups is 1. The first-order valence-corrected chi connectivity index (χ1v) is 5.89. The van der Waals surface area contributed by atoms with E-state index in [2.05, 4.69) is 11.9 Å². The van der Waals surface area contributed by atoms with Crippen molar-refractivity contribution in [3.05, 3.63) is 24.0 Å². The van der Waals surface area contributed by atoms with Crippen LogP contribution in [-0.4, -0.2) is 47.6 Å². The molecule has 0 radical (unpaired) electrons. The Morgan fingerprint density at radius 3 is 3.11 bits per heavy atom. The summed E-state index contributed by atoms with van der Waals surface area (Å²) in [5.41, 5.74) is 1.35. The SMILES string of the molecule is C=C1NC(=O)N(C2CC(OC=O)C(CO)O2)C=C1C. The lowest BCUT2D eigenvalue weighted by Gasteiger charge is -2.30. The van der Waals surface area contributed by atoms with E-state index in [1.54, 1.807) is 6.20 Å². The highest BCUT2D eigenvalue weighted by Gasteiger charge is 2.41. The summed E-state index contributed by atoms with van der Waals surface area (Å²) >= 11 is 0. The number of aliphatic hydroxyl groups excluding tert-OH is 1. The number of hydrogen-bond donors (Lipinski definition) is 2. The molecule has 7 nitrogen and oxygen atoms in total. The number of nitrogens with one attached hydrogen (secondary N) is 1. The molecular formula is C12H16N2O5. The van der Waals surface area contributed by atoms with Gasteiger partial charge in [-0.25, -0.2) is 4.79 Å². The van der Waals surface area contributed by atoms with Gasteiger partial charge in [0.1, 0.15) is 18.4 Å². The molecule has 7 heteroatoms. The topological polar surface area (TPSA) is 88.1 Å². The predicted molar refractivity (Wildman–Crippen MR) is 64.6 cm³/mol. The lowest BCUT2D eigenvalue weighted by molar-refractivity contribution is -0.137. The summed E-state index contributed by atoms with van der Waals surface area (Å²) in [4.78, 5) is 23.6. The highest BCUT2D eigenvalue weighted by molar-refractivity contribution is 5.80. The van der Waals surface area contributed by atoms with Gasteiger partial charge >= 0.3 is 6.03 Å². The molecule has 2 aliphatic rings. The van der Waals surface area contributed by atoms with Crippen LogP contribution < -0.4 is 5.32 Å². The summed E-state index contributed by atoms with van der Waals surface area (Å²) in [6.07, 6.45) is 0.183. The van der Waals surface area contributed by atoms with Gasteiger partial charge in [-0.3, -0.25) is 9.69 Å². The fourth-order valence-electron chi connectivity index (χ4n) is 2.10. The number of amides is 2. The minimum absolute atomic E-state index is 0.278. The molecule has 0 saturated carbocycles. The van der Waals surface area contributed by atoms with Crippen molar-refractivity contribution >= 4 is 12.5 Å². The first-order chi connectivity index (χ1) is 9.06. The van der Waals surface area contributed by atoms with Crippen LogP contribution in [0.1, 0.15) is 13.3 Å². The number of rotatable bonds is 4. The van der Waals surface area contributed by atoms with Crippen LogP contribution in [-0.2, 0) is 14.3 Å². The van der Waals surface area contributed by atoms with Crippen molar-refractivity contribution in [3.63, 3.8) is 0 Å². The smallest absolute Gasteiger partial charge is 0.327 e. The van der Waals surface area contributed by atoms with Gasteiger partial charge in [-0.2, -0.15) is 0 Å². The average molecular weight is 268 g/mol. The molecule has 0 bridgehead atoms. The molecule has 0 aromatic rings. The number of carbonyl (C=O) groups is 2. The molecule has 2 rings (SSSR count). The summed E-state index contributed by atoms with van der Waals surface area (Å²) in [5.74, 6) is 0. The summed E-state index contributed by atoms with van der Waals surface area (Å²) in [5, 5.41) is 11.8. The van der Waals surface area contributed by atoms with E-state index in [1.165, 1.54) is 4.90 Å². The van der Waals surface area contributed by atoms with Crippen LogP contribution in [0.15, 0.2) is 24.0 Å². The lowest BCUT2D eigenvalue weighted by Crippen LogP contribution is -2.45. The minimum Gasteiger partial charge on any atom is -0.462 e. The Balaban J connectivity index is 2.13. The summed E-state index contributed by atoms with van der Waals surface area (Å²) in [6.45, 7) is 5.56. The third-order valence-electron chi connectivity index (χ3n) is 3.20. The first kappa shape index (κ1) is 13.6. The third-order valence-corrected chi connectivity index (χ3v) is 3.20. The number of carbonyl (C=O) groups excluding carboxylic acids is 2. The summed E-state index contributed by atoms with van der Waals surface area (Å²) in [6, 6.07) is -0.357. The second-order valence-corrected chi connectivity index (χ2v) is 4.45. The number of urea groups is 1. The van der Waals surface area contributed by atoms with Gasteiger partial charge in [0, 0.05) is 18.3 Å². The third kappa shape index (κ3) is 2.61. The van der Waals surface area contributed by atoms with Crippen LogP contribution in [0, 0.1) is 0 Å². The van der Waals surface area contributed by atoms with E-state index in [9.17, 15) is 9.59 Å². The van der Waals surface area contributed by atoms with Crippen molar-refractivity contribution < 1.29 is 24.2 Å². The van der Waals surface area contributed by atoms with Gasteiger partial charge in [-0.15, -0.1) is 0 Å². The maximum atomic E-state index is 11.9. The number of ether oxygens (including phenoxy) is 2. The van der Waals surface area contributed by atoms with Crippen molar-refractivity contribution in [2.24, 2.45) is 0 Å². The molecule has 1 fully saturated rings. The number of hydrogen-bond acceptors (Lipinski definition) is 5. The van der Waals surface area contributed by atoms with Crippen LogP contribution in [0.5, 0.6) is 0 Å². The first-order valence-electron chi connectivity index (χ1n) is 5.89. The quantitative estimate of drug-likeness (QED) is 0.705. The second-order valence-electron chi connectivity index (χ2n) is 4.45. The van der Waals surface area contributed by atoms with Crippen LogP contribution in [0.4, 0.5) is 4.79 Å². The van der Waals surface area contributed by atoms with Gasteiger partial charge in [0.05, 0.1) is 6.61 Å². The Labute approximate surface area is 110 Å². The van der Waals surface area contributed by atoms with Gasteiger partial charge in [-0.1, -0.05) is 6.58 Å². The van der Waals surface area contributed by atoms with Gasteiger partial charge < -0.3 is 19.9 Å². The van der Waals surface area contributed by atoms with E-state index in [4.69, 9.17) is 14.6 Å². The van der Waals surface area contributed by atoms with Gasteiger partial charge in [0.2, 0.25) is 0 Å². The monoisotopic (exact) mass is 268 g/mol. The Morgan fingerprint density at radius 1 is 1.74 bits per heavy atom. The zero-order valence-corrected chi connectivity index (χ0v) is 10.5. The van der Waals surface area contributed by atoms with Crippen molar-refractivity contribution in [1.29, 1.82) is 0 Å². The Morgan fingerprint density at radius 2 is 2.47 bits per heavy atom. The molecule has 104 valence electrons. The highest BCUT2D eigenvalue weighted by atomic mass is 16.6. The Bertz CT molecular complexity index is 434. The molecule has 0 aliphatic carbocycles. The number of allylic oxidation sites excluding steroid dienone is 1. The zero-order valence-electron chi connectivity index (χ0n) is 10.5. The lowest BCUT2D eigenvalue weighted by atomic mass is 10.1. The molecule has 2 aliphatic heterocycles. The molecule has 2 N–H and O–H groups in total. The molecule has 2 amide bonds. The number of nitrogens with zero attached hydrogens (tertiary/aromatic N) is 1. The van der Waals surface area contributed by atoms with E-state index in [1.807, 2.05) is 6.92 Å². The molecule has 0 aromatic heterocycles. The highest BCUT2D eigenvalue weighted by Crippen LogP contribution is 2.27. The fraction of sp³-hybridized carbons (Fsp3) is 0.500. The van der Waals surface area contributed by atoms with Gasteiger partial charge in [-0.05, 0) is 12.5 Å². The Hall–Kier alpha value is -1.86. The largest absolute Gasteiger partial charge is 0.462 e. The van der Waals surface area contributed by atoms with E-state index in [-0.39, 0.29) is 12.6 Å². The molecule has 19 heavy (non-hydrogen) atoms. The molecule has 0 aromatic carbocycles. The molecular weight excluding hydrogens is 252 g/mol. The molecule has 0 spiro atoms. The van der Waals surface area contributed by atoms with E-state index >= 15 is 0 Å². The van der Waals surface area contributed by atoms with Gasteiger partial charge in [0.15, 0.2) is 0 Å². The summed E-state index contributed by atoms with van der Waals surface area (Å²) < 4.78 is 10.4. The summed E-state index contributed by atoms with van der Waals surface area (Å²) in [7, 11) is 0. The maximum absolute atomic E-state index is 11.9. The van der Waals surface area contributed by atoms with Crippen LogP contribution in [0.3, 0.4) is 0 Å². The van der Waals surface area contributed by atoms with Gasteiger partial charge in [0.25, 0.3) is 6.47 Å². The molecule has 1 saturated heterocycles. The van der Waals surface area contributed by atoms with Crippen molar-refractivity contribution in [3.8, 4) is 0 Å². The van der Waals surface area contributed by atoms with E-state index < -0.39 is 18.4 Å². The maximum Gasteiger partial charge on any atom is 0.327 e. The van der Waals surface area contributed by atoms with Crippen molar-refractivity contribution in [2.75, 3.05) is 6.61 Å².